The maximum absolute atomic E-state index is 6.22. The van der Waals surface area contributed by atoms with Gasteiger partial charge in [0.05, 0.1) is 18.8 Å². The number of benzene rings is 1. The Labute approximate surface area is 130 Å². The Morgan fingerprint density at radius 2 is 1.90 bits per heavy atom. The van der Waals surface area contributed by atoms with Crippen LogP contribution in [-0.2, 0) is 4.74 Å². The molecule has 1 aliphatic carbocycles. The van der Waals surface area contributed by atoms with Gasteiger partial charge >= 0.3 is 0 Å². The van der Waals surface area contributed by atoms with Crippen LogP contribution >= 0.6 is 0 Å². The molecular formula is C19H31NO. The van der Waals surface area contributed by atoms with Crippen molar-refractivity contribution in [1.82, 2.24) is 5.32 Å². The first-order valence-electron chi connectivity index (χ1n) is 8.37. The van der Waals surface area contributed by atoms with E-state index in [0.717, 1.165) is 18.4 Å². The van der Waals surface area contributed by atoms with Gasteiger partial charge in [0.15, 0.2) is 0 Å². The number of nitrogens with one attached hydrogen (secondary N) is 1. The summed E-state index contributed by atoms with van der Waals surface area (Å²) in [6.45, 7) is 9.83. The molecule has 1 aliphatic rings. The first kappa shape index (κ1) is 16.5. The second-order valence-electron chi connectivity index (χ2n) is 6.91. The van der Waals surface area contributed by atoms with Gasteiger partial charge in [-0.3, -0.25) is 0 Å². The molecule has 0 aromatic heterocycles. The molecule has 1 fully saturated rings. The predicted molar refractivity (Wildman–Crippen MR) is 89.6 cm³/mol. The zero-order valence-corrected chi connectivity index (χ0v) is 14.3. The van der Waals surface area contributed by atoms with E-state index >= 15 is 0 Å². The summed E-state index contributed by atoms with van der Waals surface area (Å²) in [5, 5.41) is 3.40. The summed E-state index contributed by atoms with van der Waals surface area (Å²) in [5.74, 6) is 1.64. The summed E-state index contributed by atoms with van der Waals surface area (Å²) in [5.41, 5.74) is 4.04. The van der Waals surface area contributed by atoms with Crippen LogP contribution < -0.4 is 5.32 Å². The van der Waals surface area contributed by atoms with Crippen LogP contribution in [0.1, 0.15) is 55.8 Å². The molecule has 1 N–H and O–H groups in total. The van der Waals surface area contributed by atoms with Crippen molar-refractivity contribution < 1.29 is 4.74 Å². The summed E-state index contributed by atoms with van der Waals surface area (Å²) in [6, 6.07) is 7.00. The third-order valence-corrected chi connectivity index (χ3v) is 5.33. The minimum absolute atomic E-state index is 0.291. The summed E-state index contributed by atoms with van der Waals surface area (Å²) in [7, 11) is 2.02. The first-order valence-corrected chi connectivity index (χ1v) is 8.37. The van der Waals surface area contributed by atoms with Crippen LogP contribution in [0.3, 0.4) is 0 Å². The van der Waals surface area contributed by atoms with Crippen LogP contribution in [0.5, 0.6) is 0 Å². The fourth-order valence-electron chi connectivity index (χ4n) is 3.21. The van der Waals surface area contributed by atoms with Gasteiger partial charge in [0, 0.05) is 0 Å². The number of ether oxygens (including phenoxy) is 1. The minimum atomic E-state index is 0.291. The predicted octanol–water partition coefficient (Wildman–Crippen LogP) is 4.41. The van der Waals surface area contributed by atoms with E-state index < -0.39 is 0 Å². The lowest BCUT2D eigenvalue weighted by molar-refractivity contribution is -0.00683. The highest BCUT2D eigenvalue weighted by Crippen LogP contribution is 2.31. The summed E-state index contributed by atoms with van der Waals surface area (Å²) in [4.78, 5) is 0. The molecule has 1 saturated carbocycles. The quantitative estimate of drug-likeness (QED) is 0.867. The van der Waals surface area contributed by atoms with Crippen molar-refractivity contribution in [2.24, 2.45) is 11.8 Å². The third-order valence-electron chi connectivity index (χ3n) is 5.33. The van der Waals surface area contributed by atoms with E-state index in [1.165, 1.54) is 36.0 Å². The van der Waals surface area contributed by atoms with E-state index in [9.17, 15) is 0 Å². The molecule has 4 atom stereocenters. The van der Waals surface area contributed by atoms with E-state index in [1.54, 1.807) is 0 Å². The largest absolute Gasteiger partial charge is 0.376 e. The highest BCUT2D eigenvalue weighted by molar-refractivity contribution is 5.31. The molecule has 0 heterocycles. The molecule has 0 saturated heterocycles. The number of hydrogen-bond donors (Lipinski definition) is 1. The highest BCUT2D eigenvalue weighted by atomic mass is 16.5. The average Bonchev–Trinajstić information content (AvgIpc) is 2.47. The lowest BCUT2D eigenvalue weighted by Gasteiger charge is -2.33. The van der Waals surface area contributed by atoms with Crippen molar-refractivity contribution in [3.63, 3.8) is 0 Å². The van der Waals surface area contributed by atoms with Crippen LogP contribution in [0.25, 0.3) is 0 Å². The molecular weight excluding hydrogens is 258 g/mol. The summed E-state index contributed by atoms with van der Waals surface area (Å²) < 4.78 is 6.22. The molecule has 1 aromatic rings. The molecule has 0 aliphatic heterocycles. The standard InChI is InChI=1S/C19H31NO/c1-13-6-8-17(10-15(13)3)19(20-5)12-21-18-9-7-14(2)16(4)11-18/h6,8,10,14,16,18-20H,7,9,11-12H2,1-5H3. The summed E-state index contributed by atoms with van der Waals surface area (Å²) >= 11 is 0. The summed E-state index contributed by atoms with van der Waals surface area (Å²) in [6.07, 6.45) is 4.18. The third kappa shape index (κ3) is 4.31. The molecule has 0 bridgehead atoms. The molecule has 21 heavy (non-hydrogen) atoms. The number of rotatable bonds is 5. The SMILES string of the molecule is CNC(COC1CCC(C)C(C)C1)c1ccc(C)c(C)c1. The fraction of sp³-hybridized carbons (Fsp3) is 0.684. The number of hydrogen-bond acceptors (Lipinski definition) is 2. The molecule has 2 heteroatoms. The Kier molecular flexibility index (Phi) is 5.83. The topological polar surface area (TPSA) is 21.3 Å². The molecule has 4 unspecified atom stereocenters. The van der Waals surface area contributed by atoms with Crippen LogP contribution in [0.4, 0.5) is 0 Å². The lowest BCUT2D eigenvalue weighted by Crippen LogP contribution is -2.30. The number of aryl methyl sites for hydroxylation is 2. The Morgan fingerprint density at radius 1 is 1.14 bits per heavy atom. The van der Waals surface area contributed by atoms with Gasteiger partial charge in [0.1, 0.15) is 0 Å². The maximum atomic E-state index is 6.22. The zero-order valence-electron chi connectivity index (χ0n) is 14.3. The van der Waals surface area contributed by atoms with Gasteiger partial charge in [0.25, 0.3) is 0 Å². The van der Waals surface area contributed by atoms with Crippen LogP contribution in [0.2, 0.25) is 0 Å². The molecule has 0 radical (unpaired) electrons. The van der Waals surface area contributed by atoms with Gasteiger partial charge in [-0.2, -0.15) is 0 Å². The fourth-order valence-corrected chi connectivity index (χ4v) is 3.21. The van der Waals surface area contributed by atoms with Crippen molar-refractivity contribution in [2.45, 2.75) is 59.1 Å². The van der Waals surface area contributed by atoms with Gasteiger partial charge in [0.2, 0.25) is 0 Å². The molecule has 2 rings (SSSR count). The van der Waals surface area contributed by atoms with Crippen molar-refractivity contribution in [2.75, 3.05) is 13.7 Å². The second kappa shape index (κ2) is 7.42. The van der Waals surface area contributed by atoms with Gasteiger partial charge in [-0.15, -0.1) is 0 Å². The Hall–Kier alpha value is -0.860. The van der Waals surface area contributed by atoms with Gasteiger partial charge in [-0.1, -0.05) is 32.0 Å². The molecule has 1 aromatic carbocycles. The molecule has 2 nitrogen and oxygen atoms in total. The Morgan fingerprint density at radius 3 is 2.52 bits per heavy atom. The van der Waals surface area contributed by atoms with E-state index in [0.29, 0.717) is 12.1 Å². The van der Waals surface area contributed by atoms with Crippen molar-refractivity contribution in [3.8, 4) is 0 Å². The number of likely N-dealkylation sites (N-methyl/N-ethyl adjacent to an activating group) is 1. The van der Waals surface area contributed by atoms with Crippen LogP contribution in [0, 0.1) is 25.7 Å². The van der Waals surface area contributed by atoms with E-state index in [4.69, 9.17) is 4.74 Å². The van der Waals surface area contributed by atoms with Gasteiger partial charge < -0.3 is 10.1 Å². The Bertz CT molecular complexity index is 457. The molecule has 0 amide bonds. The average molecular weight is 289 g/mol. The van der Waals surface area contributed by atoms with E-state index in [-0.39, 0.29) is 0 Å². The smallest absolute Gasteiger partial charge is 0.0665 e. The van der Waals surface area contributed by atoms with E-state index in [2.05, 4.69) is 51.2 Å². The highest BCUT2D eigenvalue weighted by Gasteiger charge is 2.25. The monoisotopic (exact) mass is 289 g/mol. The molecule has 0 spiro atoms. The molecule has 118 valence electrons. The van der Waals surface area contributed by atoms with Crippen molar-refractivity contribution in [1.29, 1.82) is 0 Å². The van der Waals surface area contributed by atoms with Gasteiger partial charge in [-0.25, -0.2) is 0 Å². The van der Waals surface area contributed by atoms with Crippen LogP contribution in [0.15, 0.2) is 18.2 Å². The van der Waals surface area contributed by atoms with E-state index in [1.807, 2.05) is 7.05 Å². The van der Waals surface area contributed by atoms with Crippen molar-refractivity contribution in [3.05, 3.63) is 34.9 Å². The zero-order chi connectivity index (χ0) is 15.4. The van der Waals surface area contributed by atoms with Crippen LogP contribution in [-0.4, -0.2) is 19.8 Å². The first-order chi connectivity index (χ1) is 10.0. The Balaban J connectivity index is 1.92. The minimum Gasteiger partial charge on any atom is -0.376 e. The van der Waals surface area contributed by atoms with Gasteiger partial charge in [-0.05, 0) is 68.7 Å². The second-order valence-corrected chi connectivity index (χ2v) is 6.91. The van der Waals surface area contributed by atoms with Crippen molar-refractivity contribution >= 4 is 0 Å². The lowest BCUT2D eigenvalue weighted by atomic mass is 9.80. The maximum Gasteiger partial charge on any atom is 0.0665 e. The normalized spacial score (nSPS) is 27.6.